The SMILES string of the molecule is COc1cc(OC)cc(C(CCc2ccco2)NN)c1. The van der Waals surface area contributed by atoms with E-state index in [1.165, 1.54) is 0 Å². The number of furan rings is 1. The molecule has 1 heterocycles. The Balaban J connectivity index is 2.13. The highest BCUT2D eigenvalue weighted by atomic mass is 16.5. The lowest BCUT2D eigenvalue weighted by Gasteiger charge is -2.17. The van der Waals surface area contributed by atoms with E-state index in [9.17, 15) is 0 Å². The molecule has 1 unspecified atom stereocenters. The number of ether oxygens (including phenoxy) is 2. The van der Waals surface area contributed by atoms with Crippen molar-refractivity contribution in [2.45, 2.75) is 18.9 Å². The molecule has 0 radical (unpaired) electrons. The molecule has 20 heavy (non-hydrogen) atoms. The summed E-state index contributed by atoms with van der Waals surface area (Å²) in [5, 5.41) is 0. The fourth-order valence-corrected chi connectivity index (χ4v) is 2.12. The van der Waals surface area contributed by atoms with Crippen molar-refractivity contribution in [1.82, 2.24) is 5.43 Å². The fourth-order valence-electron chi connectivity index (χ4n) is 2.12. The van der Waals surface area contributed by atoms with Crippen LogP contribution < -0.4 is 20.7 Å². The molecule has 108 valence electrons. The van der Waals surface area contributed by atoms with Gasteiger partial charge < -0.3 is 13.9 Å². The topological polar surface area (TPSA) is 69.7 Å². The third-order valence-electron chi connectivity index (χ3n) is 3.24. The zero-order chi connectivity index (χ0) is 14.4. The maximum atomic E-state index is 5.67. The Labute approximate surface area is 118 Å². The van der Waals surface area contributed by atoms with E-state index < -0.39 is 0 Å². The first kappa shape index (κ1) is 14.4. The van der Waals surface area contributed by atoms with Gasteiger partial charge in [0.25, 0.3) is 0 Å². The number of hydrazine groups is 1. The molecular formula is C15H20N2O3. The minimum atomic E-state index is 0.00380. The van der Waals surface area contributed by atoms with Crippen molar-refractivity contribution in [3.63, 3.8) is 0 Å². The molecule has 5 heteroatoms. The van der Waals surface area contributed by atoms with Gasteiger partial charge in [0.05, 0.1) is 20.5 Å². The van der Waals surface area contributed by atoms with Gasteiger partial charge in [-0.1, -0.05) is 0 Å². The maximum Gasteiger partial charge on any atom is 0.122 e. The summed E-state index contributed by atoms with van der Waals surface area (Å²) < 4.78 is 15.9. The van der Waals surface area contributed by atoms with E-state index in [1.54, 1.807) is 20.5 Å². The maximum absolute atomic E-state index is 5.67. The van der Waals surface area contributed by atoms with Gasteiger partial charge in [0.15, 0.2) is 0 Å². The van der Waals surface area contributed by atoms with Crippen molar-refractivity contribution in [3.05, 3.63) is 47.9 Å². The molecule has 5 nitrogen and oxygen atoms in total. The number of benzene rings is 1. The molecule has 0 saturated heterocycles. The van der Waals surface area contributed by atoms with Crippen molar-refractivity contribution >= 4 is 0 Å². The van der Waals surface area contributed by atoms with Gasteiger partial charge >= 0.3 is 0 Å². The molecule has 2 aromatic rings. The Bertz CT molecular complexity index is 504. The van der Waals surface area contributed by atoms with Gasteiger partial charge in [-0.3, -0.25) is 11.3 Å². The Morgan fingerprint density at radius 2 is 1.90 bits per heavy atom. The fraction of sp³-hybridized carbons (Fsp3) is 0.333. The lowest BCUT2D eigenvalue weighted by Crippen LogP contribution is -2.28. The molecule has 1 atom stereocenters. The second-order valence-corrected chi connectivity index (χ2v) is 4.48. The summed E-state index contributed by atoms with van der Waals surface area (Å²) in [5.74, 6) is 8.11. The van der Waals surface area contributed by atoms with Gasteiger partial charge in [-0.05, 0) is 36.2 Å². The summed E-state index contributed by atoms with van der Waals surface area (Å²) in [6, 6.07) is 9.59. The lowest BCUT2D eigenvalue weighted by atomic mass is 10.0. The quantitative estimate of drug-likeness (QED) is 0.600. The highest BCUT2D eigenvalue weighted by molar-refractivity contribution is 5.39. The summed E-state index contributed by atoms with van der Waals surface area (Å²) in [7, 11) is 3.26. The van der Waals surface area contributed by atoms with Crippen LogP contribution in [-0.2, 0) is 6.42 Å². The second-order valence-electron chi connectivity index (χ2n) is 4.48. The van der Waals surface area contributed by atoms with Crippen LogP contribution in [0.2, 0.25) is 0 Å². The van der Waals surface area contributed by atoms with Crippen molar-refractivity contribution in [2.75, 3.05) is 14.2 Å². The van der Waals surface area contributed by atoms with Crippen molar-refractivity contribution in [2.24, 2.45) is 5.84 Å². The minimum Gasteiger partial charge on any atom is -0.497 e. The normalized spacial score (nSPS) is 12.2. The van der Waals surface area contributed by atoms with Crippen molar-refractivity contribution < 1.29 is 13.9 Å². The van der Waals surface area contributed by atoms with Crippen molar-refractivity contribution in [3.8, 4) is 11.5 Å². The van der Waals surface area contributed by atoms with E-state index in [4.69, 9.17) is 19.7 Å². The molecule has 0 bridgehead atoms. The van der Waals surface area contributed by atoms with E-state index in [0.29, 0.717) is 0 Å². The number of rotatable bonds is 7. The van der Waals surface area contributed by atoms with E-state index in [0.717, 1.165) is 35.7 Å². The summed E-state index contributed by atoms with van der Waals surface area (Å²) in [6.07, 6.45) is 3.30. The van der Waals surface area contributed by atoms with Crippen LogP contribution in [0.3, 0.4) is 0 Å². The molecule has 0 amide bonds. The third-order valence-corrected chi connectivity index (χ3v) is 3.24. The first-order valence-corrected chi connectivity index (χ1v) is 6.48. The number of aryl methyl sites for hydroxylation is 1. The zero-order valence-corrected chi connectivity index (χ0v) is 11.8. The third kappa shape index (κ3) is 3.53. The van der Waals surface area contributed by atoms with E-state index >= 15 is 0 Å². The largest absolute Gasteiger partial charge is 0.497 e. The Kier molecular flexibility index (Phi) is 5.03. The molecule has 0 saturated carbocycles. The predicted octanol–water partition coefficient (Wildman–Crippen LogP) is 2.43. The summed E-state index contributed by atoms with van der Waals surface area (Å²) in [5.41, 5.74) is 3.85. The Hall–Kier alpha value is -1.98. The number of nitrogens with two attached hydrogens (primary N) is 1. The molecule has 3 N–H and O–H groups in total. The van der Waals surface area contributed by atoms with Crippen LogP contribution in [0.1, 0.15) is 23.8 Å². The number of nitrogens with one attached hydrogen (secondary N) is 1. The highest BCUT2D eigenvalue weighted by Gasteiger charge is 2.13. The highest BCUT2D eigenvalue weighted by Crippen LogP contribution is 2.28. The molecule has 0 aliphatic rings. The Morgan fingerprint density at radius 1 is 1.20 bits per heavy atom. The van der Waals surface area contributed by atoms with Crippen LogP contribution in [-0.4, -0.2) is 14.2 Å². The molecule has 2 rings (SSSR count). The summed E-state index contributed by atoms with van der Waals surface area (Å²) in [6.45, 7) is 0. The molecule has 0 aliphatic heterocycles. The molecule has 0 fully saturated rings. The average molecular weight is 276 g/mol. The predicted molar refractivity (Wildman–Crippen MR) is 76.6 cm³/mol. The van der Waals surface area contributed by atoms with Crippen LogP contribution in [0.4, 0.5) is 0 Å². The molecule has 1 aromatic carbocycles. The van der Waals surface area contributed by atoms with E-state index in [1.807, 2.05) is 30.3 Å². The zero-order valence-electron chi connectivity index (χ0n) is 11.8. The average Bonchev–Trinajstić information content (AvgIpc) is 3.00. The van der Waals surface area contributed by atoms with Gasteiger partial charge in [-0.15, -0.1) is 0 Å². The van der Waals surface area contributed by atoms with Crippen molar-refractivity contribution in [1.29, 1.82) is 0 Å². The van der Waals surface area contributed by atoms with Gasteiger partial charge in [0, 0.05) is 18.5 Å². The number of hydrogen-bond donors (Lipinski definition) is 2. The molecule has 1 aromatic heterocycles. The lowest BCUT2D eigenvalue weighted by molar-refractivity contribution is 0.390. The van der Waals surface area contributed by atoms with Gasteiger partial charge in [-0.25, -0.2) is 0 Å². The van der Waals surface area contributed by atoms with Gasteiger partial charge in [-0.2, -0.15) is 0 Å². The monoisotopic (exact) mass is 276 g/mol. The Morgan fingerprint density at radius 3 is 2.40 bits per heavy atom. The van der Waals surface area contributed by atoms with Gasteiger partial charge in [0.1, 0.15) is 17.3 Å². The van der Waals surface area contributed by atoms with Gasteiger partial charge in [0.2, 0.25) is 0 Å². The number of hydrogen-bond acceptors (Lipinski definition) is 5. The van der Waals surface area contributed by atoms with Crippen LogP contribution in [0.15, 0.2) is 41.0 Å². The van der Waals surface area contributed by atoms with Crippen LogP contribution >= 0.6 is 0 Å². The molecule has 0 aliphatic carbocycles. The molecule has 0 spiro atoms. The first-order chi connectivity index (χ1) is 9.76. The van der Waals surface area contributed by atoms with Crippen LogP contribution in [0.5, 0.6) is 11.5 Å². The minimum absolute atomic E-state index is 0.00380. The van der Waals surface area contributed by atoms with E-state index in [2.05, 4.69) is 5.43 Å². The summed E-state index contributed by atoms with van der Waals surface area (Å²) in [4.78, 5) is 0. The summed E-state index contributed by atoms with van der Waals surface area (Å²) >= 11 is 0. The standard InChI is InChI=1S/C15H20N2O3/c1-18-13-8-11(9-14(10-13)19-2)15(17-16)6-5-12-4-3-7-20-12/h3-4,7-10,15,17H,5-6,16H2,1-2H3. The van der Waals surface area contributed by atoms with Crippen LogP contribution in [0.25, 0.3) is 0 Å². The number of methoxy groups -OCH3 is 2. The smallest absolute Gasteiger partial charge is 0.122 e. The van der Waals surface area contributed by atoms with Crippen LogP contribution in [0, 0.1) is 0 Å². The first-order valence-electron chi connectivity index (χ1n) is 6.48. The van der Waals surface area contributed by atoms with E-state index in [-0.39, 0.29) is 6.04 Å². The molecular weight excluding hydrogens is 256 g/mol. The second kappa shape index (κ2) is 6.98.